The van der Waals surface area contributed by atoms with Crippen LogP contribution < -0.4 is 21.7 Å². The van der Waals surface area contributed by atoms with Crippen molar-refractivity contribution in [3.05, 3.63) is 65.9 Å². The number of nitrogens with two attached hydrogens (primary N) is 1. The molecule has 0 bridgehead atoms. The first-order valence-electron chi connectivity index (χ1n) is 14.2. The van der Waals surface area contributed by atoms with Gasteiger partial charge in [0.2, 0.25) is 17.7 Å². The van der Waals surface area contributed by atoms with Gasteiger partial charge >= 0.3 is 5.97 Å². The van der Waals surface area contributed by atoms with E-state index in [0.29, 0.717) is 24.2 Å². The molecule has 0 saturated heterocycles. The molecule has 11 nitrogen and oxygen atoms in total. The number of nitrogens with one attached hydrogen (secondary N) is 4. The number of phenolic OH excluding ortho intramolecular Hbond substituents is 1. The molecule has 2 aromatic carbocycles. The minimum absolute atomic E-state index is 0.0181. The Hall–Kier alpha value is -4.03. The van der Waals surface area contributed by atoms with Gasteiger partial charge in [-0.1, -0.05) is 50.6 Å². The summed E-state index contributed by atoms with van der Waals surface area (Å²) in [6.45, 7) is 3.64. The number of carbonyl (C=O) groups excluding carboxylic acids is 3. The van der Waals surface area contributed by atoms with E-state index in [1.807, 2.05) is 37.4 Å². The summed E-state index contributed by atoms with van der Waals surface area (Å²) in [6, 6.07) is 9.44. The van der Waals surface area contributed by atoms with Crippen LogP contribution in [0, 0.1) is 5.92 Å². The van der Waals surface area contributed by atoms with Gasteiger partial charge in [0.15, 0.2) is 0 Å². The molecule has 0 spiro atoms. The molecule has 3 amide bonds. The molecule has 0 radical (unpaired) electrons. The number of thioether (sulfide) groups is 1. The zero-order chi connectivity index (χ0) is 31.5. The lowest BCUT2D eigenvalue weighted by atomic mass is 9.96. The highest BCUT2D eigenvalue weighted by atomic mass is 32.2. The van der Waals surface area contributed by atoms with Crippen molar-refractivity contribution in [2.75, 3.05) is 12.0 Å². The fourth-order valence-electron chi connectivity index (χ4n) is 4.67. The van der Waals surface area contributed by atoms with Gasteiger partial charge in [0.05, 0.1) is 6.04 Å². The Bertz CT molecular complexity index is 1390. The second kappa shape index (κ2) is 16.0. The number of hydrogen-bond donors (Lipinski definition) is 7. The average molecular weight is 612 g/mol. The number of hydrogen-bond acceptors (Lipinski definition) is 7. The van der Waals surface area contributed by atoms with E-state index in [9.17, 15) is 29.4 Å². The lowest BCUT2D eigenvalue weighted by molar-refractivity contribution is -0.142. The molecule has 0 aliphatic carbocycles. The molecule has 0 aliphatic rings. The topological polar surface area (TPSA) is 187 Å². The van der Waals surface area contributed by atoms with Crippen molar-refractivity contribution < 1.29 is 29.4 Å². The van der Waals surface area contributed by atoms with Crippen LogP contribution in [-0.2, 0) is 32.0 Å². The fourth-order valence-corrected chi connectivity index (χ4v) is 5.16. The molecule has 232 valence electrons. The predicted molar refractivity (Wildman–Crippen MR) is 168 cm³/mol. The Kier molecular flexibility index (Phi) is 12.4. The van der Waals surface area contributed by atoms with Crippen LogP contribution in [0.1, 0.15) is 37.8 Å². The van der Waals surface area contributed by atoms with Crippen LogP contribution in [0.5, 0.6) is 5.75 Å². The van der Waals surface area contributed by atoms with Crippen molar-refractivity contribution in [1.82, 2.24) is 20.9 Å². The molecule has 0 saturated carbocycles. The van der Waals surface area contributed by atoms with Crippen LogP contribution in [0.2, 0.25) is 0 Å². The number of benzene rings is 2. The van der Waals surface area contributed by atoms with Crippen LogP contribution >= 0.6 is 11.8 Å². The van der Waals surface area contributed by atoms with Gasteiger partial charge in [-0.25, -0.2) is 4.79 Å². The molecule has 43 heavy (non-hydrogen) atoms. The quantitative estimate of drug-likeness (QED) is 0.129. The number of aromatic hydroxyl groups is 1. The maximum absolute atomic E-state index is 13.8. The number of aliphatic carboxylic acids is 1. The van der Waals surface area contributed by atoms with E-state index in [1.165, 1.54) is 12.1 Å². The molecule has 3 rings (SSSR count). The molecule has 0 aliphatic heterocycles. The van der Waals surface area contributed by atoms with Gasteiger partial charge in [0, 0.05) is 29.9 Å². The van der Waals surface area contributed by atoms with E-state index in [4.69, 9.17) is 5.73 Å². The van der Waals surface area contributed by atoms with Gasteiger partial charge in [-0.05, 0) is 53.7 Å². The molecule has 8 N–H and O–H groups in total. The molecular weight excluding hydrogens is 570 g/mol. The van der Waals surface area contributed by atoms with Gasteiger partial charge < -0.3 is 36.9 Å². The molecule has 12 heteroatoms. The third kappa shape index (κ3) is 9.48. The summed E-state index contributed by atoms with van der Waals surface area (Å²) >= 11 is 1.56. The maximum atomic E-state index is 13.8. The Morgan fingerprint density at radius 2 is 1.60 bits per heavy atom. The first kappa shape index (κ1) is 33.5. The number of carbonyl (C=O) groups is 4. The fraction of sp³-hybridized carbons (Fsp3) is 0.419. The van der Waals surface area contributed by atoms with Crippen LogP contribution in [0.4, 0.5) is 0 Å². The van der Waals surface area contributed by atoms with Crippen molar-refractivity contribution in [1.29, 1.82) is 0 Å². The van der Waals surface area contributed by atoms with Crippen LogP contribution in [-0.4, -0.2) is 75.1 Å². The minimum atomic E-state index is -1.27. The Balaban J connectivity index is 1.82. The van der Waals surface area contributed by atoms with E-state index in [2.05, 4.69) is 20.9 Å². The normalized spacial score (nSPS) is 14.7. The van der Waals surface area contributed by atoms with Crippen molar-refractivity contribution in [3.8, 4) is 5.75 Å². The second-order valence-electron chi connectivity index (χ2n) is 10.7. The lowest BCUT2D eigenvalue weighted by Crippen LogP contribution is -2.59. The maximum Gasteiger partial charge on any atom is 0.326 e. The summed E-state index contributed by atoms with van der Waals surface area (Å²) in [5.41, 5.74) is 8.38. The monoisotopic (exact) mass is 611 g/mol. The number of carboxylic acids is 1. The van der Waals surface area contributed by atoms with Gasteiger partial charge in [-0.15, -0.1) is 0 Å². The second-order valence-corrected chi connectivity index (χ2v) is 11.6. The SMILES string of the molecule is CCC(C)C(NC(=O)C(Cc1c[nH]c2ccccc12)NC(=O)C(N)CCSC)C(=O)NC(Cc1ccc(O)cc1)C(=O)O. The van der Waals surface area contributed by atoms with E-state index >= 15 is 0 Å². The number of rotatable bonds is 16. The first-order valence-corrected chi connectivity index (χ1v) is 15.6. The molecule has 1 aromatic heterocycles. The molecule has 5 unspecified atom stereocenters. The summed E-state index contributed by atoms with van der Waals surface area (Å²) in [7, 11) is 0. The molecule has 1 heterocycles. The van der Waals surface area contributed by atoms with Gasteiger partial charge in [-0.2, -0.15) is 11.8 Å². The number of aromatic amines is 1. The van der Waals surface area contributed by atoms with Crippen LogP contribution in [0.3, 0.4) is 0 Å². The number of carboxylic acid groups (broad SMARTS) is 1. The van der Waals surface area contributed by atoms with Gasteiger partial charge in [-0.3, -0.25) is 14.4 Å². The van der Waals surface area contributed by atoms with Crippen molar-refractivity contribution in [2.24, 2.45) is 11.7 Å². The highest BCUT2D eigenvalue weighted by Gasteiger charge is 2.33. The first-order chi connectivity index (χ1) is 20.5. The summed E-state index contributed by atoms with van der Waals surface area (Å²) < 4.78 is 0. The van der Waals surface area contributed by atoms with E-state index < -0.39 is 47.9 Å². The smallest absolute Gasteiger partial charge is 0.326 e. The zero-order valence-corrected chi connectivity index (χ0v) is 25.4. The molecule has 5 atom stereocenters. The van der Waals surface area contributed by atoms with Crippen molar-refractivity contribution in [3.63, 3.8) is 0 Å². The summed E-state index contributed by atoms with van der Waals surface area (Å²) in [5.74, 6) is -2.57. The van der Waals surface area contributed by atoms with Crippen LogP contribution in [0.15, 0.2) is 54.7 Å². The Labute approximate surface area is 255 Å². The predicted octanol–water partition coefficient (Wildman–Crippen LogP) is 2.32. The van der Waals surface area contributed by atoms with Gasteiger partial charge in [0.1, 0.15) is 23.9 Å². The number of H-pyrrole nitrogens is 1. The minimum Gasteiger partial charge on any atom is -0.508 e. The summed E-state index contributed by atoms with van der Waals surface area (Å²) in [5, 5.41) is 28.4. The number of fused-ring (bicyclic) bond motifs is 1. The summed E-state index contributed by atoms with van der Waals surface area (Å²) in [6.07, 6.45) is 4.78. The lowest BCUT2D eigenvalue weighted by Gasteiger charge is -2.28. The third-order valence-electron chi connectivity index (χ3n) is 7.49. The number of phenols is 1. The van der Waals surface area contributed by atoms with Crippen molar-refractivity contribution >= 4 is 46.4 Å². The highest BCUT2D eigenvalue weighted by Crippen LogP contribution is 2.20. The molecule has 0 fully saturated rings. The zero-order valence-electron chi connectivity index (χ0n) is 24.6. The largest absolute Gasteiger partial charge is 0.508 e. The molecular formula is C31H41N5O6S. The number of aromatic nitrogens is 1. The third-order valence-corrected chi connectivity index (χ3v) is 8.13. The molecule has 3 aromatic rings. The standard InChI is InChI=1S/C31H41N5O6S/c1-4-18(2)27(30(40)35-26(31(41)42)15-19-9-11-21(37)12-10-19)36-29(39)25(34-28(38)23(32)13-14-43-3)16-20-17-33-24-8-6-5-7-22(20)24/h5-12,17-18,23,25-27,33,37H,4,13-16,32H2,1-3H3,(H,34,38)(H,35,40)(H,36,39)(H,41,42). The number of amides is 3. The van der Waals surface area contributed by atoms with Crippen molar-refractivity contribution in [2.45, 2.75) is 63.7 Å². The Morgan fingerprint density at radius 3 is 2.26 bits per heavy atom. The van der Waals surface area contributed by atoms with E-state index in [0.717, 1.165) is 16.5 Å². The average Bonchev–Trinajstić information content (AvgIpc) is 3.40. The van der Waals surface area contributed by atoms with E-state index in [-0.39, 0.29) is 24.5 Å². The van der Waals surface area contributed by atoms with Crippen LogP contribution in [0.25, 0.3) is 10.9 Å². The van der Waals surface area contributed by atoms with Gasteiger partial charge in [0.25, 0.3) is 0 Å². The Morgan fingerprint density at radius 1 is 0.930 bits per heavy atom. The summed E-state index contributed by atoms with van der Waals surface area (Å²) in [4.78, 5) is 55.4. The highest BCUT2D eigenvalue weighted by molar-refractivity contribution is 7.98. The van der Waals surface area contributed by atoms with E-state index in [1.54, 1.807) is 37.0 Å². The number of para-hydroxylation sites is 1.